The molecule has 8 nitrogen and oxygen atoms in total. The number of nitrogen functional groups attached to an aromatic ring is 1. The molecule has 2 fully saturated rings. The molecule has 3 heterocycles. The van der Waals surface area contributed by atoms with E-state index >= 15 is 0 Å². The first-order valence-electron chi connectivity index (χ1n) is 9.08. The van der Waals surface area contributed by atoms with Gasteiger partial charge in [0.05, 0.1) is 0 Å². The van der Waals surface area contributed by atoms with Crippen LogP contribution in [0.25, 0.3) is 0 Å². The van der Waals surface area contributed by atoms with Crippen molar-refractivity contribution in [2.24, 2.45) is 5.92 Å². The fourth-order valence-corrected chi connectivity index (χ4v) is 3.70. The maximum absolute atomic E-state index is 12.8. The number of hydrogen-bond donors (Lipinski definition) is 2. The van der Waals surface area contributed by atoms with Crippen LogP contribution in [0.4, 0.5) is 11.8 Å². The van der Waals surface area contributed by atoms with Gasteiger partial charge in [-0.3, -0.25) is 14.6 Å². The number of nitrogens with two attached hydrogens (primary N) is 1. The van der Waals surface area contributed by atoms with Gasteiger partial charge in [-0.05, 0) is 39.8 Å². The molecule has 3 N–H and O–H groups in total. The van der Waals surface area contributed by atoms with Gasteiger partial charge in [0.1, 0.15) is 5.82 Å². The number of piperidine rings is 1. The Kier molecular flexibility index (Phi) is 5.27. The second-order valence-electron chi connectivity index (χ2n) is 7.21. The van der Waals surface area contributed by atoms with E-state index in [1.165, 1.54) is 6.07 Å². The van der Waals surface area contributed by atoms with Gasteiger partial charge in [-0.25, -0.2) is 0 Å². The molecule has 0 aromatic carbocycles. The predicted octanol–water partition coefficient (Wildman–Crippen LogP) is 0.121. The fourth-order valence-electron chi connectivity index (χ4n) is 3.70. The van der Waals surface area contributed by atoms with Crippen molar-refractivity contribution in [3.05, 3.63) is 16.4 Å². The molecule has 25 heavy (non-hydrogen) atoms. The van der Waals surface area contributed by atoms with Crippen molar-refractivity contribution in [1.82, 2.24) is 19.8 Å². The van der Waals surface area contributed by atoms with Gasteiger partial charge in [0.2, 0.25) is 11.9 Å². The first-order chi connectivity index (χ1) is 11.9. The molecule has 0 spiro atoms. The lowest BCUT2D eigenvalue weighted by atomic mass is 9.94. The third kappa shape index (κ3) is 4.12. The average molecular weight is 348 g/mol. The number of carbonyl (C=O) groups is 1. The molecule has 1 aromatic rings. The second kappa shape index (κ2) is 7.43. The van der Waals surface area contributed by atoms with Crippen molar-refractivity contribution >= 4 is 17.7 Å². The van der Waals surface area contributed by atoms with Crippen LogP contribution in [0.5, 0.6) is 0 Å². The summed E-state index contributed by atoms with van der Waals surface area (Å²) in [5.41, 5.74) is 5.36. The summed E-state index contributed by atoms with van der Waals surface area (Å²) in [4.78, 5) is 37.4. The highest BCUT2D eigenvalue weighted by molar-refractivity contribution is 5.79. The average Bonchev–Trinajstić information content (AvgIpc) is 2.60. The van der Waals surface area contributed by atoms with Gasteiger partial charge >= 0.3 is 0 Å². The van der Waals surface area contributed by atoms with Crippen LogP contribution in [0.15, 0.2) is 10.9 Å². The predicted molar refractivity (Wildman–Crippen MR) is 97.5 cm³/mol. The third-order valence-electron chi connectivity index (χ3n) is 5.27. The van der Waals surface area contributed by atoms with E-state index in [1.54, 1.807) is 0 Å². The van der Waals surface area contributed by atoms with Crippen LogP contribution in [0.3, 0.4) is 0 Å². The Morgan fingerprint density at radius 1 is 1.20 bits per heavy atom. The van der Waals surface area contributed by atoms with E-state index in [1.807, 2.05) is 9.80 Å². The summed E-state index contributed by atoms with van der Waals surface area (Å²) < 4.78 is 0. The highest BCUT2D eigenvalue weighted by Gasteiger charge is 2.31. The number of nitrogens with one attached hydrogen (secondary N) is 1. The molecular formula is C17H28N6O2. The molecule has 0 saturated carbocycles. The van der Waals surface area contributed by atoms with Crippen LogP contribution in [0.2, 0.25) is 0 Å². The number of likely N-dealkylation sites (tertiary alicyclic amines) is 1. The molecule has 0 aliphatic carbocycles. The van der Waals surface area contributed by atoms with Crippen LogP contribution in [-0.4, -0.2) is 71.0 Å². The number of amides is 1. The number of rotatable bonds is 3. The lowest BCUT2D eigenvalue weighted by molar-refractivity contribution is -0.137. The number of hydrogen-bond acceptors (Lipinski definition) is 6. The summed E-state index contributed by atoms with van der Waals surface area (Å²) in [6, 6.07) is 2.00. The summed E-state index contributed by atoms with van der Waals surface area (Å²) in [5.74, 6) is 1.13. The van der Waals surface area contributed by atoms with Gasteiger partial charge < -0.3 is 20.4 Å². The van der Waals surface area contributed by atoms with E-state index in [2.05, 4.69) is 28.7 Å². The van der Waals surface area contributed by atoms with Gasteiger partial charge in [0.25, 0.3) is 5.56 Å². The molecular weight excluding hydrogens is 320 g/mol. The van der Waals surface area contributed by atoms with Crippen LogP contribution in [0, 0.1) is 5.92 Å². The normalized spacial score (nSPS) is 20.3. The molecule has 138 valence electrons. The standard InChI is InChI=1S/C17H28N6O2/c1-12(2)21-5-3-13(4-6-21)16(25)23-9-7-22(8-10-23)14-11-15(24)20-17(18)19-14/h11-13H,3-10H2,1-2H3,(H3,18,19,20,24). The highest BCUT2D eigenvalue weighted by atomic mass is 16.2. The van der Waals surface area contributed by atoms with Crippen LogP contribution in [0.1, 0.15) is 26.7 Å². The van der Waals surface area contributed by atoms with Gasteiger partial charge in [-0.15, -0.1) is 0 Å². The topological polar surface area (TPSA) is 98.6 Å². The minimum Gasteiger partial charge on any atom is -0.369 e. The van der Waals surface area contributed by atoms with E-state index in [0.29, 0.717) is 38.0 Å². The maximum atomic E-state index is 12.8. The van der Waals surface area contributed by atoms with Crippen molar-refractivity contribution in [3.63, 3.8) is 0 Å². The zero-order valence-electron chi connectivity index (χ0n) is 15.1. The Morgan fingerprint density at radius 3 is 2.40 bits per heavy atom. The van der Waals surface area contributed by atoms with Gasteiger partial charge in [0.15, 0.2) is 0 Å². The molecule has 1 amide bonds. The second-order valence-corrected chi connectivity index (χ2v) is 7.21. The number of nitrogens with zero attached hydrogens (tertiary/aromatic N) is 4. The Labute approximate surface area is 148 Å². The van der Waals surface area contributed by atoms with E-state index in [4.69, 9.17) is 5.73 Å². The van der Waals surface area contributed by atoms with E-state index in [-0.39, 0.29) is 23.3 Å². The quantitative estimate of drug-likeness (QED) is 0.805. The number of H-pyrrole nitrogens is 1. The number of carbonyl (C=O) groups excluding carboxylic acids is 1. The Hall–Kier alpha value is -2.09. The number of piperazine rings is 1. The Balaban J connectivity index is 1.53. The van der Waals surface area contributed by atoms with Crippen molar-refractivity contribution in [1.29, 1.82) is 0 Å². The zero-order chi connectivity index (χ0) is 18.0. The largest absolute Gasteiger partial charge is 0.369 e. The zero-order valence-corrected chi connectivity index (χ0v) is 15.1. The number of aromatic nitrogens is 2. The first kappa shape index (κ1) is 17.7. The van der Waals surface area contributed by atoms with Crippen LogP contribution >= 0.6 is 0 Å². The minimum absolute atomic E-state index is 0.123. The van der Waals surface area contributed by atoms with Crippen molar-refractivity contribution < 1.29 is 4.79 Å². The molecule has 3 rings (SSSR count). The summed E-state index contributed by atoms with van der Waals surface area (Å²) in [6.45, 7) is 9.09. The van der Waals surface area contributed by atoms with E-state index in [9.17, 15) is 9.59 Å². The molecule has 0 unspecified atom stereocenters. The van der Waals surface area contributed by atoms with Crippen molar-refractivity contribution in [3.8, 4) is 0 Å². The van der Waals surface area contributed by atoms with Crippen molar-refractivity contribution in [2.45, 2.75) is 32.7 Å². The van der Waals surface area contributed by atoms with E-state index < -0.39 is 0 Å². The van der Waals surface area contributed by atoms with Gasteiger partial charge in [-0.2, -0.15) is 4.98 Å². The first-order valence-corrected chi connectivity index (χ1v) is 9.08. The summed E-state index contributed by atoms with van der Waals surface area (Å²) in [6.07, 6.45) is 1.90. The molecule has 0 atom stereocenters. The number of aromatic amines is 1. The lowest BCUT2D eigenvalue weighted by Gasteiger charge is -2.39. The van der Waals surface area contributed by atoms with Gasteiger partial charge in [0, 0.05) is 44.2 Å². The summed E-state index contributed by atoms with van der Waals surface area (Å²) in [5, 5.41) is 0. The molecule has 2 saturated heterocycles. The molecule has 0 bridgehead atoms. The molecule has 1 aromatic heterocycles. The molecule has 0 radical (unpaired) electrons. The Morgan fingerprint density at radius 2 is 1.84 bits per heavy atom. The van der Waals surface area contributed by atoms with Crippen LogP contribution in [-0.2, 0) is 4.79 Å². The lowest BCUT2D eigenvalue weighted by Crippen LogP contribution is -2.52. The Bertz CT molecular complexity index is 657. The van der Waals surface area contributed by atoms with Crippen LogP contribution < -0.4 is 16.2 Å². The number of anilines is 2. The minimum atomic E-state index is -0.252. The SMILES string of the molecule is CC(C)N1CCC(C(=O)N2CCN(c3cc(=O)[nH]c(N)n3)CC2)CC1. The molecule has 8 heteroatoms. The monoisotopic (exact) mass is 348 g/mol. The smallest absolute Gasteiger partial charge is 0.254 e. The molecule has 2 aliphatic rings. The van der Waals surface area contributed by atoms with E-state index in [0.717, 1.165) is 25.9 Å². The highest BCUT2D eigenvalue weighted by Crippen LogP contribution is 2.22. The summed E-state index contributed by atoms with van der Waals surface area (Å²) >= 11 is 0. The van der Waals surface area contributed by atoms with Crippen molar-refractivity contribution in [2.75, 3.05) is 49.9 Å². The third-order valence-corrected chi connectivity index (χ3v) is 5.27. The fraction of sp³-hybridized carbons (Fsp3) is 0.706. The van der Waals surface area contributed by atoms with Gasteiger partial charge in [-0.1, -0.05) is 0 Å². The molecule has 2 aliphatic heterocycles. The summed E-state index contributed by atoms with van der Waals surface area (Å²) in [7, 11) is 0. The maximum Gasteiger partial charge on any atom is 0.254 e.